The Morgan fingerprint density at radius 1 is 1.33 bits per heavy atom. The summed E-state index contributed by atoms with van der Waals surface area (Å²) < 4.78 is 0. The minimum absolute atomic E-state index is 0.651. The Hall–Kier alpha value is 0.0200. The van der Waals surface area contributed by atoms with Gasteiger partial charge >= 0.3 is 0 Å². The molecule has 1 saturated carbocycles. The van der Waals surface area contributed by atoms with Gasteiger partial charge in [-0.25, -0.2) is 0 Å². The highest BCUT2D eigenvalue weighted by Gasteiger charge is 2.11. The predicted molar refractivity (Wildman–Crippen MR) is 58.1 cm³/mol. The average Bonchev–Trinajstić information content (AvgIpc) is 2.06. The highest BCUT2D eigenvalue weighted by molar-refractivity contribution is 8.13. The zero-order valence-corrected chi connectivity index (χ0v) is 8.99. The Morgan fingerprint density at radius 3 is 2.58 bits per heavy atom. The van der Waals surface area contributed by atoms with E-state index in [1.165, 1.54) is 37.1 Å². The number of hydrogen-bond donors (Lipinski definition) is 0. The van der Waals surface area contributed by atoms with Crippen LogP contribution in [0.4, 0.5) is 0 Å². The molecule has 1 nitrogen and oxygen atoms in total. The van der Waals surface area contributed by atoms with Crippen LogP contribution in [0, 0.1) is 0 Å². The van der Waals surface area contributed by atoms with Crippen molar-refractivity contribution in [3.05, 3.63) is 0 Å². The lowest BCUT2D eigenvalue weighted by molar-refractivity contribution is 0.444. The van der Waals surface area contributed by atoms with Crippen LogP contribution in [0.15, 0.2) is 4.99 Å². The number of aliphatic imine (C=N–C) groups is 1. The molecule has 0 aromatic carbocycles. The zero-order chi connectivity index (χ0) is 8.81. The van der Waals surface area contributed by atoms with Crippen LogP contribution in [0.5, 0.6) is 0 Å². The van der Waals surface area contributed by atoms with Crippen LogP contribution in [-0.4, -0.2) is 16.8 Å². The fraction of sp³-hybridized carbons (Fsp3) is 0.900. The van der Waals surface area contributed by atoms with Crippen LogP contribution >= 0.6 is 11.8 Å². The minimum atomic E-state index is 0.651. The van der Waals surface area contributed by atoms with Crippen molar-refractivity contribution in [2.45, 2.75) is 52.0 Å². The van der Waals surface area contributed by atoms with E-state index in [1.54, 1.807) is 0 Å². The van der Waals surface area contributed by atoms with Gasteiger partial charge in [0, 0.05) is 0 Å². The van der Waals surface area contributed by atoms with Crippen molar-refractivity contribution in [3.63, 3.8) is 0 Å². The molecule has 0 aromatic rings. The van der Waals surface area contributed by atoms with Crippen molar-refractivity contribution >= 4 is 16.8 Å². The monoisotopic (exact) mass is 185 g/mol. The first-order chi connectivity index (χ1) is 5.83. The first kappa shape index (κ1) is 10.1. The van der Waals surface area contributed by atoms with Crippen molar-refractivity contribution in [1.29, 1.82) is 0 Å². The molecule has 1 aliphatic rings. The molecule has 2 heteroatoms. The van der Waals surface area contributed by atoms with Crippen molar-refractivity contribution in [2.24, 2.45) is 4.99 Å². The fourth-order valence-electron chi connectivity index (χ4n) is 1.71. The molecule has 0 heterocycles. The quantitative estimate of drug-likeness (QED) is 0.474. The van der Waals surface area contributed by atoms with Crippen LogP contribution in [0.3, 0.4) is 0 Å². The van der Waals surface area contributed by atoms with Gasteiger partial charge in [0.15, 0.2) is 0 Å². The topological polar surface area (TPSA) is 12.4 Å². The molecular weight excluding hydrogens is 166 g/mol. The van der Waals surface area contributed by atoms with Crippen LogP contribution in [0.25, 0.3) is 0 Å². The van der Waals surface area contributed by atoms with Gasteiger partial charge in [-0.2, -0.15) is 0 Å². The van der Waals surface area contributed by atoms with E-state index in [9.17, 15) is 0 Å². The summed E-state index contributed by atoms with van der Waals surface area (Å²) in [6.07, 6.45) is 6.84. The van der Waals surface area contributed by atoms with Gasteiger partial charge in [0.1, 0.15) is 0 Å². The van der Waals surface area contributed by atoms with Crippen LogP contribution in [0.2, 0.25) is 0 Å². The second-order valence-corrected chi connectivity index (χ2v) is 4.83. The van der Waals surface area contributed by atoms with E-state index in [-0.39, 0.29) is 0 Å². The lowest BCUT2D eigenvalue weighted by Gasteiger charge is -2.18. The largest absolute Gasteiger partial charge is 0.280 e. The van der Waals surface area contributed by atoms with Gasteiger partial charge in [-0.15, -0.1) is 11.8 Å². The normalized spacial score (nSPS) is 21.3. The maximum Gasteiger partial charge on any atom is 0.0648 e. The smallest absolute Gasteiger partial charge is 0.0648 e. The molecule has 70 valence electrons. The summed E-state index contributed by atoms with van der Waals surface area (Å²) in [4.78, 5) is 4.71. The van der Waals surface area contributed by atoms with E-state index in [4.69, 9.17) is 4.99 Å². The number of rotatable bonds is 2. The standard InChI is InChI=1S/C10H19NS/c1-3-12-9(2)11-10-7-5-4-6-8-10/h10H,3-8H2,1-2H3/b11-9+. The third-order valence-corrected chi connectivity index (χ3v) is 3.10. The molecule has 0 atom stereocenters. The summed E-state index contributed by atoms with van der Waals surface area (Å²) in [5, 5.41) is 1.28. The van der Waals surface area contributed by atoms with Crippen LogP contribution < -0.4 is 0 Å². The Kier molecular flexibility index (Phi) is 4.74. The molecule has 0 spiro atoms. The summed E-state index contributed by atoms with van der Waals surface area (Å²) in [6, 6.07) is 0.651. The summed E-state index contributed by atoms with van der Waals surface area (Å²) in [7, 11) is 0. The summed E-state index contributed by atoms with van der Waals surface area (Å²) in [5.74, 6) is 1.15. The molecule has 0 amide bonds. The predicted octanol–water partition coefficient (Wildman–Crippen LogP) is 3.49. The Labute approximate surface area is 80.0 Å². The van der Waals surface area contributed by atoms with Gasteiger partial charge in [-0.05, 0) is 25.5 Å². The van der Waals surface area contributed by atoms with Gasteiger partial charge < -0.3 is 0 Å². The van der Waals surface area contributed by atoms with E-state index in [1.807, 2.05) is 11.8 Å². The van der Waals surface area contributed by atoms with E-state index in [0.29, 0.717) is 6.04 Å². The minimum Gasteiger partial charge on any atom is -0.280 e. The summed E-state index contributed by atoms with van der Waals surface area (Å²) >= 11 is 1.87. The SMILES string of the molecule is CCS/C(C)=N/C1CCCCC1. The maximum atomic E-state index is 4.71. The average molecular weight is 185 g/mol. The lowest BCUT2D eigenvalue weighted by atomic mass is 9.96. The molecule has 0 unspecified atom stereocenters. The third-order valence-electron chi connectivity index (χ3n) is 2.29. The summed E-state index contributed by atoms with van der Waals surface area (Å²) in [5.41, 5.74) is 0. The molecule has 0 radical (unpaired) electrons. The Bertz CT molecular complexity index is 148. The van der Waals surface area contributed by atoms with E-state index in [0.717, 1.165) is 5.75 Å². The van der Waals surface area contributed by atoms with E-state index in [2.05, 4.69) is 13.8 Å². The number of nitrogens with zero attached hydrogens (tertiary/aromatic N) is 1. The molecule has 0 N–H and O–H groups in total. The first-order valence-electron chi connectivity index (χ1n) is 5.00. The van der Waals surface area contributed by atoms with Gasteiger partial charge in [0.2, 0.25) is 0 Å². The molecular formula is C10H19NS. The molecule has 1 rings (SSSR count). The van der Waals surface area contributed by atoms with Gasteiger partial charge in [0.25, 0.3) is 0 Å². The number of hydrogen-bond acceptors (Lipinski definition) is 2. The molecule has 0 saturated heterocycles. The maximum absolute atomic E-state index is 4.71. The molecule has 0 aliphatic heterocycles. The third kappa shape index (κ3) is 3.61. The van der Waals surface area contributed by atoms with Crippen molar-refractivity contribution in [3.8, 4) is 0 Å². The highest BCUT2D eigenvalue weighted by atomic mass is 32.2. The van der Waals surface area contributed by atoms with Crippen LogP contribution in [0.1, 0.15) is 46.0 Å². The Balaban J connectivity index is 2.31. The van der Waals surface area contributed by atoms with Crippen LogP contribution in [-0.2, 0) is 0 Å². The molecule has 1 aliphatic carbocycles. The van der Waals surface area contributed by atoms with Crippen molar-refractivity contribution < 1.29 is 0 Å². The fourth-order valence-corrected chi connectivity index (χ4v) is 2.35. The first-order valence-corrected chi connectivity index (χ1v) is 5.98. The second kappa shape index (κ2) is 5.63. The second-order valence-electron chi connectivity index (χ2n) is 3.37. The molecule has 12 heavy (non-hydrogen) atoms. The summed E-state index contributed by atoms with van der Waals surface area (Å²) in [6.45, 7) is 4.33. The lowest BCUT2D eigenvalue weighted by Crippen LogP contribution is -2.10. The van der Waals surface area contributed by atoms with E-state index >= 15 is 0 Å². The molecule has 1 fully saturated rings. The Morgan fingerprint density at radius 2 is 2.00 bits per heavy atom. The molecule has 0 aromatic heterocycles. The van der Waals surface area contributed by atoms with Crippen molar-refractivity contribution in [2.75, 3.05) is 5.75 Å². The van der Waals surface area contributed by atoms with Gasteiger partial charge in [-0.3, -0.25) is 4.99 Å². The number of thioether (sulfide) groups is 1. The van der Waals surface area contributed by atoms with E-state index < -0.39 is 0 Å². The zero-order valence-electron chi connectivity index (χ0n) is 8.18. The van der Waals surface area contributed by atoms with Crippen molar-refractivity contribution in [1.82, 2.24) is 0 Å². The molecule has 0 bridgehead atoms. The van der Waals surface area contributed by atoms with Gasteiger partial charge in [-0.1, -0.05) is 26.2 Å². The van der Waals surface area contributed by atoms with Gasteiger partial charge in [0.05, 0.1) is 11.1 Å². The highest BCUT2D eigenvalue weighted by Crippen LogP contribution is 2.21.